The summed E-state index contributed by atoms with van der Waals surface area (Å²) in [6.45, 7) is 3.86. The quantitative estimate of drug-likeness (QED) is 0.0200. The number of phosphoric ester groups is 1. The van der Waals surface area contributed by atoms with Crippen molar-refractivity contribution in [3.05, 3.63) is 109 Å². The standard InChI is InChI=1S/C48H78NO8P/c1-6-8-10-12-14-16-18-20-22-23-24-25-27-29-31-33-35-37-39-41-48(51)57-46(45-56-58(52,53)55-43-42-49(3,4)5)44-54-47(50)40-38-36-34-32-30-28-26-21-19-17-15-13-11-9-7-2/h8-11,14-17,20-22,24-26,29,31,35,37,46H,6-7,12-13,18-19,23,27-28,30,32-34,36,38-45H2,1-5H3/b10-8-,11-9-,16-14-,17-15-,22-20-,25-24-,26-21-,31-29-,37-35-/t46-/m1/s1. The molecule has 0 aliphatic heterocycles. The summed E-state index contributed by atoms with van der Waals surface area (Å²) in [6.07, 6.45) is 52.8. The van der Waals surface area contributed by atoms with Gasteiger partial charge in [0.1, 0.15) is 19.8 Å². The number of nitrogens with zero attached hydrogens (tertiary/aromatic N) is 1. The Kier molecular flexibility index (Phi) is 36.9. The zero-order chi connectivity index (χ0) is 42.8. The van der Waals surface area contributed by atoms with Crippen molar-refractivity contribution < 1.29 is 42.1 Å². The van der Waals surface area contributed by atoms with E-state index in [1.165, 1.54) is 0 Å². The van der Waals surface area contributed by atoms with Gasteiger partial charge in [-0.25, -0.2) is 0 Å². The molecule has 0 bridgehead atoms. The first kappa shape index (κ1) is 54.7. The largest absolute Gasteiger partial charge is 0.756 e. The highest BCUT2D eigenvalue weighted by molar-refractivity contribution is 7.45. The summed E-state index contributed by atoms with van der Waals surface area (Å²) < 4.78 is 33.8. The van der Waals surface area contributed by atoms with Crippen LogP contribution < -0.4 is 4.89 Å². The van der Waals surface area contributed by atoms with Gasteiger partial charge in [-0.15, -0.1) is 0 Å². The fraction of sp³-hybridized carbons (Fsp3) is 0.583. The zero-order valence-electron chi connectivity index (χ0n) is 36.7. The molecule has 0 aliphatic rings. The summed E-state index contributed by atoms with van der Waals surface area (Å²) in [5.41, 5.74) is 0. The molecule has 0 heterocycles. The van der Waals surface area contributed by atoms with Crippen LogP contribution in [0.25, 0.3) is 0 Å². The van der Waals surface area contributed by atoms with Crippen LogP contribution >= 0.6 is 7.82 Å². The van der Waals surface area contributed by atoms with Crippen molar-refractivity contribution in [2.45, 2.75) is 136 Å². The van der Waals surface area contributed by atoms with E-state index in [1.807, 2.05) is 33.3 Å². The SMILES string of the molecule is CC/C=C\C/C=C\C/C=C\C/C=C\C/C=C\C/C=C\CCC(=O)O[C@H](COC(=O)CCCCCCC/C=C\C/C=C\C/C=C\CC)COP(=O)([O-])OCC[N+](C)(C)C. The topological polar surface area (TPSA) is 111 Å². The maximum absolute atomic E-state index is 12.6. The number of likely N-dealkylation sites (N-methyl/N-ethyl adjacent to an activating group) is 1. The number of esters is 2. The monoisotopic (exact) mass is 828 g/mol. The van der Waals surface area contributed by atoms with Crippen molar-refractivity contribution in [1.82, 2.24) is 0 Å². The van der Waals surface area contributed by atoms with E-state index in [4.69, 9.17) is 18.5 Å². The van der Waals surface area contributed by atoms with Gasteiger partial charge in [0.2, 0.25) is 0 Å². The van der Waals surface area contributed by atoms with Crippen molar-refractivity contribution in [1.29, 1.82) is 0 Å². The molecule has 0 saturated heterocycles. The Morgan fingerprint density at radius 1 is 0.534 bits per heavy atom. The van der Waals surface area contributed by atoms with Gasteiger partial charge in [-0.3, -0.25) is 14.2 Å². The van der Waals surface area contributed by atoms with E-state index in [2.05, 4.69) is 111 Å². The molecule has 2 atom stereocenters. The summed E-state index contributed by atoms with van der Waals surface area (Å²) in [6, 6.07) is 0. The summed E-state index contributed by atoms with van der Waals surface area (Å²) in [5, 5.41) is 0. The van der Waals surface area contributed by atoms with Gasteiger partial charge in [0.05, 0.1) is 27.7 Å². The fourth-order valence-corrected chi connectivity index (χ4v) is 5.72. The number of allylic oxidation sites excluding steroid dienone is 18. The van der Waals surface area contributed by atoms with Crippen molar-refractivity contribution in [3.8, 4) is 0 Å². The molecule has 0 amide bonds. The van der Waals surface area contributed by atoms with Gasteiger partial charge in [0.15, 0.2) is 6.10 Å². The minimum atomic E-state index is -4.66. The first-order valence-electron chi connectivity index (χ1n) is 21.6. The minimum Gasteiger partial charge on any atom is -0.756 e. The molecule has 0 rings (SSSR count). The molecule has 328 valence electrons. The number of hydrogen-bond acceptors (Lipinski definition) is 8. The molecule has 0 aromatic carbocycles. The van der Waals surface area contributed by atoms with E-state index in [0.29, 0.717) is 23.9 Å². The van der Waals surface area contributed by atoms with Gasteiger partial charge in [-0.05, 0) is 83.5 Å². The van der Waals surface area contributed by atoms with Crippen LogP contribution in [0.15, 0.2) is 109 Å². The second kappa shape index (κ2) is 39.1. The van der Waals surface area contributed by atoms with Crippen LogP contribution in [-0.4, -0.2) is 70.0 Å². The molecule has 0 aliphatic carbocycles. The van der Waals surface area contributed by atoms with Crippen molar-refractivity contribution >= 4 is 19.8 Å². The van der Waals surface area contributed by atoms with Crippen molar-refractivity contribution in [2.24, 2.45) is 0 Å². The van der Waals surface area contributed by atoms with Crippen molar-refractivity contribution in [3.63, 3.8) is 0 Å². The molecule has 58 heavy (non-hydrogen) atoms. The third-order valence-corrected chi connectivity index (χ3v) is 9.27. The molecule has 0 aromatic heterocycles. The Balaban J connectivity index is 4.56. The number of hydrogen-bond donors (Lipinski definition) is 0. The summed E-state index contributed by atoms with van der Waals surface area (Å²) >= 11 is 0. The van der Waals surface area contributed by atoms with E-state index in [1.54, 1.807) is 0 Å². The smallest absolute Gasteiger partial charge is 0.306 e. The highest BCUT2D eigenvalue weighted by atomic mass is 31.2. The molecule has 0 radical (unpaired) electrons. The van der Waals surface area contributed by atoms with E-state index >= 15 is 0 Å². The lowest BCUT2D eigenvalue weighted by Crippen LogP contribution is -2.37. The van der Waals surface area contributed by atoms with E-state index < -0.39 is 32.5 Å². The number of rotatable bonds is 37. The van der Waals surface area contributed by atoms with Gasteiger partial charge in [-0.1, -0.05) is 142 Å². The second-order valence-corrected chi connectivity index (χ2v) is 16.4. The Morgan fingerprint density at radius 3 is 1.45 bits per heavy atom. The third kappa shape index (κ3) is 42.3. The minimum absolute atomic E-state index is 0.0542. The fourth-order valence-electron chi connectivity index (χ4n) is 4.99. The molecular formula is C48H78NO8P. The van der Waals surface area contributed by atoms with Crippen LogP contribution in [-0.2, 0) is 32.7 Å². The number of quaternary nitrogens is 1. The molecule has 9 nitrogen and oxygen atoms in total. The molecule has 0 spiro atoms. The number of phosphoric acid groups is 1. The summed E-state index contributed by atoms with van der Waals surface area (Å²) in [4.78, 5) is 37.5. The molecule has 0 N–H and O–H groups in total. The van der Waals surface area contributed by atoms with E-state index in [9.17, 15) is 19.0 Å². The van der Waals surface area contributed by atoms with E-state index in [-0.39, 0.29) is 26.1 Å². The Hall–Kier alpha value is -3.33. The molecule has 1 unspecified atom stereocenters. The normalized spacial score (nSPS) is 14.7. The zero-order valence-corrected chi connectivity index (χ0v) is 37.6. The lowest BCUT2D eigenvalue weighted by molar-refractivity contribution is -0.870. The molecule has 0 aromatic rings. The lowest BCUT2D eigenvalue weighted by Gasteiger charge is -2.28. The van der Waals surface area contributed by atoms with Crippen LogP contribution in [0.4, 0.5) is 0 Å². The molecular weight excluding hydrogens is 750 g/mol. The second-order valence-electron chi connectivity index (χ2n) is 14.9. The predicted molar refractivity (Wildman–Crippen MR) is 240 cm³/mol. The third-order valence-electron chi connectivity index (χ3n) is 8.30. The van der Waals surface area contributed by atoms with Crippen molar-refractivity contribution in [2.75, 3.05) is 47.5 Å². The lowest BCUT2D eigenvalue weighted by atomic mass is 10.1. The number of unbranched alkanes of at least 4 members (excludes halogenated alkanes) is 5. The van der Waals surface area contributed by atoms with Crippen LogP contribution in [0.3, 0.4) is 0 Å². The van der Waals surface area contributed by atoms with Gasteiger partial charge < -0.3 is 27.9 Å². The summed E-state index contributed by atoms with van der Waals surface area (Å²) in [7, 11) is 1.09. The van der Waals surface area contributed by atoms with Gasteiger partial charge in [-0.2, -0.15) is 0 Å². The van der Waals surface area contributed by atoms with Gasteiger partial charge in [0.25, 0.3) is 7.82 Å². The molecule has 0 saturated carbocycles. The summed E-state index contributed by atoms with van der Waals surface area (Å²) in [5.74, 6) is -0.966. The Labute approximate surface area is 353 Å². The maximum atomic E-state index is 12.6. The molecule has 0 fully saturated rings. The number of carbonyl (C=O) groups excluding carboxylic acids is 2. The average molecular weight is 828 g/mol. The highest BCUT2D eigenvalue weighted by Crippen LogP contribution is 2.38. The highest BCUT2D eigenvalue weighted by Gasteiger charge is 2.21. The van der Waals surface area contributed by atoms with Gasteiger partial charge in [0, 0.05) is 12.8 Å². The molecule has 10 heteroatoms. The first-order valence-corrected chi connectivity index (χ1v) is 23.1. The van der Waals surface area contributed by atoms with Crippen LogP contribution in [0, 0.1) is 0 Å². The number of ether oxygens (including phenoxy) is 2. The van der Waals surface area contributed by atoms with Crippen LogP contribution in [0.1, 0.15) is 129 Å². The van der Waals surface area contributed by atoms with Crippen LogP contribution in [0.2, 0.25) is 0 Å². The predicted octanol–water partition coefficient (Wildman–Crippen LogP) is 11.7. The number of carbonyl (C=O) groups is 2. The maximum Gasteiger partial charge on any atom is 0.306 e. The first-order chi connectivity index (χ1) is 28.0. The van der Waals surface area contributed by atoms with Crippen LogP contribution in [0.5, 0.6) is 0 Å². The average Bonchev–Trinajstić information content (AvgIpc) is 3.17. The van der Waals surface area contributed by atoms with Gasteiger partial charge >= 0.3 is 11.9 Å². The Morgan fingerprint density at radius 2 is 0.966 bits per heavy atom. The Bertz CT molecular complexity index is 1350. The van der Waals surface area contributed by atoms with E-state index in [0.717, 1.165) is 89.9 Å².